The molecule has 0 aromatic carbocycles. The molecular formula is C19H36O3. The number of ether oxygens (including phenoxy) is 2. The van der Waals surface area contributed by atoms with Gasteiger partial charge in [-0.3, -0.25) is 4.79 Å². The molecule has 0 aliphatic heterocycles. The third kappa shape index (κ3) is 3.34. The maximum absolute atomic E-state index is 12.5. The fraction of sp³-hybridized carbons (Fsp3) is 0.947. The fourth-order valence-electron chi connectivity index (χ4n) is 3.52. The van der Waals surface area contributed by atoms with Crippen LogP contribution in [0.5, 0.6) is 0 Å². The van der Waals surface area contributed by atoms with E-state index in [2.05, 4.69) is 48.5 Å². The van der Waals surface area contributed by atoms with Crippen LogP contribution in [-0.4, -0.2) is 23.8 Å². The first kappa shape index (κ1) is 19.5. The fourth-order valence-corrected chi connectivity index (χ4v) is 3.52. The Morgan fingerprint density at radius 1 is 0.909 bits per heavy atom. The van der Waals surface area contributed by atoms with E-state index in [4.69, 9.17) is 9.47 Å². The van der Waals surface area contributed by atoms with Crippen molar-refractivity contribution >= 4 is 5.97 Å². The second-order valence-corrected chi connectivity index (χ2v) is 9.28. The Hall–Kier alpha value is -0.570. The summed E-state index contributed by atoms with van der Waals surface area (Å²) in [5.41, 5.74) is -0.928. The van der Waals surface area contributed by atoms with Crippen molar-refractivity contribution in [3.8, 4) is 0 Å². The summed E-state index contributed by atoms with van der Waals surface area (Å²) in [4.78, 5) is 12.5. The van der Waals surface area contributed by atoms with E-state index in [1.54, 1.807) is 0 Å². The summed E-state index contributed by atoms with van der Waals surface area (Å²) in [6.45, 7) is 20.9. The number of rotatable bonds is 6. The minimum Gasteiger partial charge on any atom is -0.461 e. The van der Waals surface area contributed by atoms with E-state index < -0.39 is 5.41 Å². The standard InChI is InChI=1S/C19H36O3/c1-11-16(3,4)15(20)21-13-18(7,8)14(19(13,9)10)22-17(5,6)12-2/h13-14H,11-12H2,1-10H3. The van der Waals surface area contributed by atoms with E-state index >= 15 is 0 Å². The van der Waals surface area contributed by atoms with Gasteiger partial charge in [0.1, 0.15) is 6.10 Å². The van der Waals surface area contributed by atoms with Gasteiger partial charge < -0.3 is 9.47 Å². The third-order valence-electron chi connectivity index (χ3n) is 5.65. The van der Waals surface area contributed by atoms with Crippen LogP contribution in [0.3, 0.4) is 0 Å². The molecule has 3 heteroatoms. The maximum atomic E-state index is 12.5. The van der Waals surface area contributed by atoms with E-state index in [1.165, 1.54) is 0 Å². The largest absolute Gasteiger partial charge is 0.461 e. The lowest BCUT2D eigenvalue weighted by atomic mass is 9.50. The molecule has 0 spiro atoms. The molecule has 1 saturated carbocycles. The van der Waals surface area contributed by atoms with Gasteiger partial charge in [-0.15, -0.1) is 0 Å². The molecular weight excluding hydrogens is 276 g/mol. The van der Waals surface area contributed by atoms with Gasteiger partial charge >= 0.3 is 5.97 Å². The quantitative estimate of drug-likeness (QED) is 0.649. The molecule has 1 aliphatic carbocycles. The van der Waals surface area contributed by atoms with Gasteiger partial charge in [-0.1, -0.05) is 41.5 Å². The highest BCUT2D eigenvalue weighted by Crippen LogP contribution is 2.58. The van der Waals surface area contributed by atoms with Gasteiger partial charge in [0.2, 0.25) is 0 Å². The predicted molar refractivity (Wildman–Crippen MR) is 90.8 cm³/mol. The zero-order valence-corrected chi connectivity index (χ0v) is 16.3. The summed E-state index contributed by atoms with van der Waals surface area (Å²) in [5, 5.41) is 0. The van der Waals surface area contributed by atoms with Gasteiger partial charge in [-0.25, -0.2) is 0 Å². The van der Waals surface area contributed by atoms with Gasteiger partial charge in [-0.2, -0.15) is 0 Å². The Kier molecular flexibility index (Phi) is 5.15. The van der Waals surface area contributed by atoms with E-state index in [0.29, 0.717) is 0 Å². The van der Waals surface area contributed by atoms with Gasteiger partial charge in [0.15, 0.2) is 0 Å². The summed E-state index contributed by atoms with van der Waals surface area (Å²) in [7, 11) is 0. The Balaban J connectivity index is 2.91. The highest BCUT2D eigenvalue weighted by molar-refractivity contribution is 5.76. The van der Waals surface area contributed by atoms with Crippen molar-refractivity contribution in [1.82, 2.24) is 0 Å². The van der Waals surface area contributed by atoms with Crippen molar-refractivity contribution in [2.75, 3.05) is 0 Å². The van der Waals surface area contributed by atoms with E-state index in [9.17, 15) is 4.79 Å². The van der Waals surface area contributed by atoms with Crippen LogP contribution in [0.25, 0.3) is 0 Å². The molecule has 130 valence electrons. The lowest BCUT2D eigenvalue weighted by molar-refractivity contribution is -0.301. The number of hydrogen-bond acceptors (Lipinski definition) is 3. The van der Waals surface area contributed by atoms with Crippen molar-refractivity contribution in [1.29, 1.82) is 0 Å². The molecule has 1 fully saturated rings. The first-order chi connectivity index (χ1) is 9.72. The smallest absolute Gasteiger partial charge is 0.311 e. The Labute approximate surface area is 137 Å². The van der Waals surface area contributed by atoms with E-state index in [1.807, 2.05) is 20.8 Å². The topological polar surface area (TPSA) is 35.5 Å². The molecule has 0 saturated heterocycles. The molecule has 0 aromatic heterocycles. The van der Waals surface area contributed by atoms with E-state index in [0.717, 1.165) is 12.8 Å². The molecule has 0 radical (unpaired) electrons. The summed E-state index contributed by atoms with van der Waals surface area (Å²) in [6, 6.07) is 0. The van der Waals surface area contributed by atoms with Crippen LogP contribution >= 0.6 is 0 Å². The molecule has 0 unspecified atom stereocenters. The molecule has 3 nitrogen and oxygen atoms in total. The SMILES string of the molecule is CCC(C)(C)OC1C(C)(C)C(OC(=O)C(C)(C)CC)C1(C)C. The third-order valence-corrected chi connectivity index (χ3v) is 5.65. The Bertz CT molecular complexity index is 402. The molecule has 22 heavy (non-hydrogen) atoms. The summed E-state index contributed by atoms with van der Waals surface area (Å²) < 4.78 is 12.3. The normalized spacial score (nSPS) is 27.2. The second kappa shape index (κ2) is 5.81. The van der Waals surface area contributed by atoms with Crippen LogP contribution in [0.4, 0.5) is 0 Å². The number of carbonyl (C=O) groups excluding carboxylic acids is 1. The van der Waals surface area contributed by atoms with Crippen molar-refractivity contribution in [3.63, 3.8) is 0 Å². The number of esters is 1. The van der Waals surface area contributed by atoms with E-state index in [-0.39, 0.29) is 34.6 Å². The van der Waals surface area contributed by atoms with Gasteiger partial charge in [0, 0.05) is 10.8 Å². The molecule has 1 aliphatic rings. The lowest BCUT2D eigenvalue weighted by Crippen LogP contribution is -2.71. The average molecular weight is 312 g/mol. The minimum atomic E-state index is -0.430. The Morgan fingerprint density at radius 2 is 1.36 bits per heavy atom. The summed E-state index contributed by atoms with van der Waals surface area (Å²) in [6.07, 6.45) is 1.71. The average Bonchev–Trinajstić information content (AvgIpc) is 2.41. The van der Waals surface area contributed by atoms with Gasteiger partial charge in [0.25, 0.3) is 0 Å². The Morgan fingerprint density at radius 3 is 1.73 bits per heavy atom. The van der Waals surface area contributed by atoms with Crippen molar-refractivity contribution in [2.45, 2.75) is 99.9 Å². The van der Waals surface area contributed by atoms with Crippen LogP contribution in [0.2, 0.25) is 0 Å². The van der Waals surface area contributed by atoms with Crippen molar-refractivity contribution < 1.29 is 14.3 Å². The highest BCUT2D eigenvalue weighted by Gasteiger charge is 2.66. The van der Waals surface area contributed by atoms with Crippen molar-refractivity contribution in [2.24, 2.45) is 16.2 Å². The summed E-state index contributed by atoms with van der Waals surface area (Å²) in [5.74, 6) is -0.102. The molecule has 0 N–H and O–H groups in total. The van der Waals surface area contributed by atoms with Crippen LogP contribution in [0, 0.1) is 16.2 Å². The predicted octanol–water partition coefficient (Wildman–Crippen LogP) is 4.97. The number of hydrogen-bond donors (Lipinski definition) is 0. The molecule has 0 amide bonds. The first-order valence-electron chi connectivity index (χ1n) is 8.61. The van der Waals surface area contributed by atoms with Crippen molar-refractivity contribution in [3.05, 3.63) is 0 Å². The highest BCUT2D eigenvalue weighted by atomic mass is 16.6. The zero-order valence-electron chi connectivity index (χ0n) is 16.3. The van der Waals surface area contributed by atoms with Gasteiger partial charge in [0.05, 0.1) is 17.1 Å². The first-order valence-corrected chi connectivity index (χ1v) is 8.61. The molecule has 0 atom stereocenters. The number of carbonyl (C=O) groups is 1. The summed E-state index contributed by atoms with van der Waals surface area (Å²) >= 11 is 0. The van der Waals surface area contributed by atoms with Crippen LogP contribution in [0.15, 0.2) is 0 Å². The zero-order chi connectivity index (χ0) is 17.6. The molecule has 0 aromatic rings. The minimum absolute atomic E-state index is 0.0810. The van der Waals surface area contributed by atoms with Crippen LogP contribution < -0.4 is 0 Å². The lowest BCUT2D eigenvalue weighted by Gasteiger charge is -2.63. The maximum Gasteiger partial charge on any atom is 0.311 e. The molecule has 0 heterocycles. The van der Waals surface area contributed by atoms with Crippen LogP contribution in [-0.2, 0) is 14.3 Å². The molecule has 1 rings (SSSR count). The second-order valence-electron chi connectivity index (χ2n) is 9.28. The monoisotopic (exact) mass is 312 g/mol. The van der Waals surface area contributed by atoms with Crippen LogP contribution in [0.1, 0.15) is 82.1 Å². The molecule has 0 bridgehead atoms. The van der Waals surface area contributed by atoms with Gasteiger partial charge in [-0.05, 0) is 40.5 Å².